The van der Waals surface area contributed by atoms with Gasteiger partial charge in [-0.05, 0) is 25.0 Å². The van der Waals surface area contributed by atoms with Gasteiger partial charge in [-0.2, -0.15) is 0 Å². The van der Waals surface area contributed by atoms with E-state index in [0.717, 1.165) is 25.7 Å². The predicted molar refractivity (Wildman–Crippen MR) is 74.9 cm³/mol. The van der Waals surface area contributed by atoms with Gasteiger partial charge in [0.15, 0.2) is 6.61 Å². The highest BCUT2D eigenvalue weighted by Crippen LogP contribution is 2.19. The Labute approximate surface area is 113 Å². The first kappa shape index (κ1) is 15.3. The Morgan fingerprint density at radius 3 is 2.68 bits per heavy atom. The van der Waals surface area contributed by atoms with E-state index in [4.69, 9.17) is 15.6 Å². The van der Waals surface area contributed by atoms with Gasteiger partial charge in [-0.15, -0.1) is 0 Å². The molecule has 0 spiro atoms. The Bertz CT molecular complexity index is 383. The van der Waals surface area contributed by atoms with Crippen LogP contribution in [-0.4, -0.2) is 30.8 Å². The molecular formula is C14H22N2O3. The molecule has 5 heteroatoms. The van der Waals surface area contributed by atoms with Gasteiger partial charge in [-0.25, -0.2) is 0 Å². The summed E-state index contributed by atoms with van der Waals surface area (Å²) >= 11 is 0. The van der Waals surface area contributed by atoms with Crippen molar-refractivity contribution < 1.29 is 14.6 Å². The van der Waals surface area contributed by atoms with Crippen molar-refractivity contribution in [2.24, 2.45) is 0 Å². The molecular weight excluding hydrogens is 244 g/mol. The molecule has 19 heavy (non-hydrogen) atoms. The fourth-order valence-electron chi connectivity index (χ4n) is 1.62. The lowest BCUT2D eigenvalue weighted by Gasteiger charge is -2.09. The monoisotopic (exact) mass is 266 g/mol. The van der Waals surface area contributed by atoms with Gasteiger partial charge in [-0.1, -0.05) is 25.0 Å². The molecule has 1 aromatic carbocycles. The van der Waals surface area contributed by atoms with E-state index in [2.05, 4.69) is 5.32 Å². The van der Waals surface area contributed by atoms with Crippen molar-refractivity contribution >= 4 is 11.6 Å². The first-order valence-electron chi connectivity index (χ1n) is 6.59. The van der Waals surface area contributed by atoms with Crippen LogP contribution in [0.4, 0.5) is 5.69 Å². The molecule has 5 nitrogen and oxygen atoms in total. The second-order valence-corrected chi connectivity index (χ2v) is 4.31. The second-order valence-electron chi connectivity index (χ2n) is 4.31. The summed E-state index contributed by atoms with van der Waals surface area (Å²) in [6.07, 6.45) is 3.74. The molecule has 4 N–H and O–H groups in total. The van der Waals surface area contributed by atoms with E-state index in [9.17, 15) is 4.79 Å². The summed E-state index contributed by atoms with van der Waals surface area (Å²) in [5, 5.41) is 11.4. The van der Waals surface area contributed by atoms with E-state index in [1.165, 1.54) is 0 Å². The number of aliphatic hydroxyl groups excluding tert-OH is 1. The molecule has 0 fully saturated rings. The standard InChI is InChI=1S/C14H22N2O3/c15-12-7-3-4-8-13(12)19-11-14(18)16-9-5-1-2-6-10-17/h3-4,7-8,17H,1-2,5-6,9-11,15H2,(H,16,18). The fourth-order valence-corrected chi connectivity index (χ4v) is 1.62. The van der Waals surface area contributed by atoms with Crippen LogP contribution in [0.1, 0.15) is 25.7 Å². The number of unbranched alkanes of at least 4 members (excludes halogenated alkanes) is 3. The van der Waals surface area contributed by atoms with Crippen LogP contribution in [0, 0.1) is 0 Å². The number of hydrogen-bond acceptors (Lipinski definition) is 4. The van der Waals surface area contributed by atoms with Crippen LogP contribution in [-0.2, 0) is 4.79 Å². The summed E-state index contributed by atoms with van der Waals surface area (Å²) in [5.74, 6) is 0.381. The van der Waals surface area contributed by atoms with Crippen LogP contribution in [0.15, 0.2) is 24.3 Å². The molecule has 0 saturated carbocycles. The molecule has 0 aliphatic carbocycles. The zero-order valence-electron chi connectivity index (χ0n) is 11.1. The first-order chi connectivity index (χ1) is 9.24. The minimum Gasteiger partial charge on any atom is -0.482 e. The Balaban J connectivity index is 2.10. The van der Waals surface area contributed by atoms with Gasteiger partial charge >= 0.3 is 0 Å². The van der Waals surface area contributed by atoms with Crippen molar-refractivity contribution in [3.63, 3.8) is 0 Å². The molecule has 1 aromatic rings. The van der Waals surface area contributed by atoms with Gasteiger partial charge in [0, 0.05) is 13.2 Å². The highest BCUT2D eigenvalue weighted by molar-refractivity contribution is 5.77. The van der Waals surface area contributed by atoms with E-state index in [-0.39, 0.29) is 19.1 Å². The predicted octanol–water partition coefficient (Wildman–Crippen LogP) is 1.32. The molecule has 0 atom stereocenters. The van der Waals surface area contributed by atoms with E-state index in [1.807, 2.05) is 12.1 Å². The van der Waals surface area contributed by atoms with Gasteiger partial charge in [-0.3, -0.25) is 4.79 Å². The topological polar surface area (TPSA) is 84.6 Å². The summed E-state index contributed by atoms with van der Waals surface area (Å²) < 4.78 is 5.32. The summed E-state index contributed by atoms with van der Waals surface area (Å²) in [6.45, 7) is 0.849. The second kappa shape index (κ2) is 9.22. The number of hydrogen-bond donors (Lipinski definition) is 3. The van der Waals surface area contributed by atoms with Crippen molar-refractivity contribution in [3.05, 3.63) is 24.3 Å². The molecule has 0 bridgehead atoms. The molecule has 1 amide bonds. The number of ether oxygens (including phenoxy) is 1. The van der Waals surface area contributed by atoms with Gasteiger partial charge in [0.25, 0.3) is 5.91 Å². The lowest BCUT2D eigenvalue weighted by Crippen LogP contribution is -2.29. The fraction of sp³-hybridized carbons (Fsp3) is 0.500. The maximum Gasteiger partial charge on any atom is 0.257 e. The van der Waals surface area contributed by atoms with Gasteiger partial charge in [0.05, 0.1) is 5.69 Å². The Hall–Kier alpha value is -1.75. The number of benzene rings is 1. The highest BCUT2D eigenvalue weighted by atomic mass is 16.5. The number of amides is 1. The normalized spacial score (nSPS) is 10.2. The average molecular weight is 266 g/mol. The molecule has 0 saturated heterocycles. The number of rotatable bonds is 9. The van der Waals surface area contributed by atoms with Gasteiger partial charge in [0.2, 0.25) is 0 Å². The van der Waals surface area contributed by atoms with Crippen molar-refractivity contribution in [3.8, 4) is 5.75 Å². The van der Waals surface area contributed by atoms with Crippen LogP contribution in [0.2, 0.25) is 0 Å². The quantitative estimate of drug-likeness (QED) is 0.465. The van der Waals surface area contributed by atoms with Crippen LogP contribution < -0.4 is 15.8 Å². The van der Waals surface area contributed by atoms with Crippen molar-refractivity contribution in [1.29, 1.82) is 0 Å². The highest BCUT2D eigenvalue weighted by Gasteiger charge is 2.03. The Kier molecular flexibility index (Phi) is 7.43. The number of anilines is 1. The van der Waals surface area contributed by atoms with E-state index >= 15 is 0 Å². The number of carbonyl (C=O) groups excluding carboxylic acids is 1. The number of para-hydroxylation sites is 2. The van der Waals surface area contributed by atoms with Gasteiger partial charge < -0.3 is 20.9 Å². The zero-order valence-corrected chi connectivity index (χ0v) is 11.1. The lowest BCUT2D eigenvalue weighted by atomic mass is 10.2. The number of nitrogen functional groups attached to an aromatic ring is 1. The maximum absolute atomic E-state index is 11.5. The first-order valence-corrected chi connectivity index (χ1v) is 6.59. The number of nitrogens with one attached hydrogen (secondary N) is 1. The van der Waals surface area contributed by atoms with E-state index < -0.39 is 0 Å². The summed E-state index contributed by atoms with van der Waals surface area (Å²) in [5.41, 5.74) is 6.22. The molecule has 106 valence electrons. The summed E-state index contributed by atoms with van der Waals surface area (Å²) in [6, 6.07) is 7.09. The molecule has 0 aliphatic rings. The minimum absolute atomic E-state index is 0.0230. The molecule has 0 heterocycles. The third-order valence-corrected chi connectivity index (χ3v) is 2.68. The Morgan fingerprint density at radius 1 is 1.21 bits per heavy atom. The molecule has 0 aliphatic heterocycles. The van der Waals surface area contributed by atoms with Crippen LogP contribution in [0.25, 0.3) is 0 Å². The minimum atomic E-state index is -0.148. The molecule has 0 radical (unpaired) electrons. The zero-order chi connectivity index (χ0) is 13.9. The van der Waals surface area contributed by atoms with Crippen molar-refractivity contribution in [2.45, 2.75) is 25.7 Å². The summed E-state index contributed by atoms with van der Waals surface area (Å²) in [7, 11) is 0. The number of carbonyl (C=O) groups is 1. The van der Waals surface area contributed by atoms with Crippen LogP contribution in [0.5, 0.6) is 5.75 Å². The van der Waals surface area contributed by atoms with Crippen LogP contribution >= 0.6 is 0 Å². The third kappa shape index (κ3) is 6.67. The maximum atomic E-state index is 11.5. The third-order valence-electron chi connectivity index (χ3n) is 2.68. The van der Waals surface area contributed by atoms with Gasteiger partial charge in [0.1, 0.15) is 5.75 Å². The van der Waals surface area contributed by atoms with E-state index in [0.29, 0.717) is 18.0 Å². The largest absolute Gasteiger partial charge is 0.482 e. The number of aliphatic hydroxyl groups is 1. The van der Waals surface area contributed by atoms with Crippen molar-refractivity contribution in [1.82, 2.24) is 5.32 Å². The Morgan fingerprint density at radius 2 is 1.95 bits per heavy atom. The smallest absolute Gasteiger partial charge is 0.257 e. The lowest BCUT2D eigenvalue weighted by molar-refractivity contribution is -0.123. The SMILES string of the molecule is Nc1ccccc1OCC(=O)NCCCCCCO. The van der Waals surface area contributed by atoms with Crippen LogP contribution in [0.3, 0.4) is 0 Å². The molecule has 0 unspecified atom stereocenters. The van der Waals surface area contributed by atoms with Crippen molar-refractivity contribution in [2.75, 3.05) is 25.5 Å². The molecule has 1 rings (SSSR count). The van der Waals surface area contributed by atoms with E-state index in [1.54, 1.807) is 12.1 Å². The average Bonchev–Trinajstić information content (AvgIpc) is 2.42. The molecule has 0 aromatic heterocycles. The summed E-state index contributed by atoms with van der Waals surface area (Å²) in [4.78, 5) is 11.5. The number of nitrogens with two attached hydrogens (primary N) is 1.